The van der Waals surface area contributed by atoms with Crippen LogP contribution >= 0.6 is 11.3 Å². The number of rotatable bonds is 2. The highest BCUT2D eigenvalue weighted by Gasteiger charge is 2.42. The second-order valence-electron chi connectivity index (χ2n) is 6.80. The molecule has 4 rings (SSSR count). The minimum Gasteiger partial charge on any atom is -0.363 e. The van der Waals surface area contributed by atoms with Crippen molar-refractivity contribution in [1.82, 2.24) is 9.88 Å². The summed E-state index contributed by atoms with van der Waals surface area (Å²) >= 11 is 1.37. The Kier molecular flexibility index (Phi) is 4.74. The van der Waals surface area contributed by atoms with E-state index in [-0.39, 0.29) is 24.0 Å². The second kappa shape index (κ2) is 7.17. The highest BCUT2D eigenvalue weighted by molar-refractivity contribution is 7.11. The van der Waals surface area contributed by atoms with Gasteiger partial charge >= 0.3 is 0 Å². The third-order valence-corrected chi connectivity index (χ3v) is 5.91. The van der Waals surface area contributed by atoms with Crippen molar-refractivity contribution in [2.45, 2.75) is 24.9 Å². The van der Waals surface area contributed by atoms with Crippen LogP contribution in [0.2, 0.25) is 0 Å². The predicted octanol–water partition coefficient (Wildman–Crippen LogP) is 2.57. The van der Waals surface area contributed by atoms with Crippen LogP contribution in [0, 0.1) is 0 Å². The van der Waals surface area contributed by atoms with E-state index in [0.29, 0.717) is 24.5 Å². The van der Waals surface area contributed by atoms with E-state index in [1.165, 1.54) is 11.3 Å². The average molecular weight is 371 g/mol. The molecule has 1 aromatic heterocycles. The first-order chi connectivity index (χ1) is 12.7. The maximum Gasteiger partial charge on any atom is 0.265 e. The molecule has 0 aliphatic carbocycles. The Balaban J connectivity index is 1.49. The molecule has 1 atom stereocenters. The summed E-state index contributed by atoms with van der Waals surface area (Å²) in [7, 11) is 0. The lowest BCUT2D eigenvalue weighted by atomic mass is 9.92. The third-order valence-electron chi connectivity index (χ3n) is 5.15. The van der Waals surface area contributed by atoms with Gasteiger partial charge in [-0.2, -0.15) is 0 Å². The Hall–Kier alpha value is -2.25. The number of anilines is 1. The Bertz CT molecular complexity index is 781. The molecule has 1 unspecified atom stereocenters. The molecule has 2 amide bonds. The maximum absolute atomic E-state index is 12.6. The van der Waals surface area contributed by atoms with Gasteiger partial charge < -0.3 is 14.5 Å². The van der Waals surface area contributed by atoms with E-state index in [2.05, 4.69) is 4.98 Å². The van der Waals surface area contributed by atoms with Crippen LogP contribution in [0.3, 0.4) is 0 Å². The van der Waals surface area contributed by atoms with Crippen LogP contribution in [0.5, 0.6) is 0 Å². The summed E-state index contributed by atoms with van der Waals surface area (Å²) < 4.78 is 6.03. The van der Waals surface area contributed by atoms with Crippen LogP contribution in [0.1, 0.15) is 28.9 Å². The number of likely N-dealkylation sites (tertiary alicyclic amines) is 1. The summed E-state index contributed by atoms with van der Waals surface area (Å²) in [6.45, 7) is 1.98. The largest absolute Gasteiger partial charge is 0.363 e. The Labute approximate surface area is 156 Å². The van der Waals surface area contributed by atoms with E-state index in [1.54, 1.807) is 11.7 Å². The van der Waals surface area contributed by atoms with Crippen molar-refractivity contribution in [2.75, 3.05) is 31.1 Å². The minimum absolute atomic E-state index is 0.0105. The zero-order valence-electron chi connectivity index (χ0n) is 14.5. The van der Waals surface area contributed by atoms with Crippen molar-refractivity contribution in [2.24, 2.45) is 0 Å². The molecule has 2 fully saturated rings. The number of hydrogen-bond donors (Lipinski definition) is 0. The second-order valence-corrected chi connectivity index (χ2v) is 7.68. The van der Waals surface area contributed by atoms with Crippen molar-refractivity contribution >= 4 is 28.8 Å². The van der Waals surface area contributed by atoms with Crippen molar-refractivity contribution < 1.29 is 14.3 Å². The number of thiazole rings is 1. The fourth-order valence-corrected chi connectivity index (χ4v) is 4.30. The van der Waals surface area contributed by atoms with Crippen molar-refractivity contribution in [3.8, 4) is 0 Å². The lowest BCUT2D eigenvalue weighted by Crippen LogP contribution is -2.55. The summed E-state index contributed by atoms with van der Waals surface area (Å²) in [6, 6.07) is 9.72. The molecular formula is C19H21N3O3S. The molecule has 3 heterocycles. The zero-order valence-corrected chi connectivity index (χ0v) is 15.3. The number of benzene rings is 1. The zero-order chi connectivity index (χ0) is 18.0. The number of hydrogen-bond acceptors (Lipinski definition) is 5. The predicted molar refractivity (Wildman–Crippen MR) is 99.3 cm³/mol. The van der Waals surface area contributed by atoms with Crippen LogP contribution in [0.4, 0.5) is 5.69 Å². The molecule has 26 heavy (non-hydrogen) atoms. The number of ether oxygens (including phenoxy) is 1. The van der Waals surface area contributed by atoms with Gasteiger partial charge in [-0.05, 0) is 31.4 Å². The van der Waals surface area contributed by atoms with Gasteiger partial charge in [0.05, 0.1) is 23.9 Å². The molecular weight excluding hydrogens is 350 g/mol. The molecule has 0 saturated carbocycles. The van der Waals surface area contributed by atoms with E-state index in [9.17, 15) is 9.59 Å². The molecule has 0 bridgehead atoms. The summed E-state index contributed by atoms with van der Waals surface area (Å²) in [5, 5.41) is 0. The SMILES string of the molecule is O=C(c1cncs1)N1CCCC2(CC1)CN(c1ccccc1)C(=O)CO2. The number of nitrogens with zero attached hydrogens (tertiary/aromatic N) is 3. The highest BCUT2D eigenvalue weighted by atomic mass is 32.1. The molecule has 136 valence electrons. The Morgan fingerprint density at radius 2 is 2.04 bits per heavy atom. The number of aromatic nitrogens is 1. The molecule has 1 aromatic carbocycles. The first kappa shape index (κ1) is 17.2. The van der Waals surface area contributed by atoms with E-state index < -0.39 is 0 Å². The molecule has 2 aromatic rings. The van der Waals surface area contributed by atoms with Crippen molar-refractivity contribution in [1.29, 1.82) is 0 Å². The lowest BCUT2D eigenvalue weighted by Gasteiger charge is -2.42. The van der Waals surface area contributed by atoms with Gasteiger partial charge in [0, 0.05) is 18.8 Å². The Morgan fingerprint density at radius 3 is 2.81 bits per heavy atom. The number of amides is 2. The highest BCUT2D eigenvalue weighted by Crippen LogP contribution is 2.33. The quantitative estimate of drug-likeness (QED) is 0.814. The molecule has 2 aliphatic heterocycles. The normalized spacial score (nSPS) is 23.9. The average Bonchev–Trinajstić information content (AvgIpc) is 3.14. The number of morpholine rings is 1. The number of carbonyl (C=O) groups is 2. The van der Waals surface area contributed by atoms with Crippen LogP contribution in [0.15, 0.2) is 42.0 Å². The van der Waals surface area contributed by atoms with E-state index in [0.717, 1.165) is 24.9 Å². The van der Waals surface area contributed by atoms with E-state index in [4.69, 9.17) is 4.74 Å². The van der Waals surface area contributed by atoms with Crippen LogP contribution in [0.25, 0.3) is 0 Å². The number of carbonyl (C=O) groups excluding carboxylic acids is 2. The first-order valence-corrected chi connectivity index (χ1v) is 9.72. The molecule has 1 spiro atoms. The summed E-state index contributed by atoms with van der Waals surface area (Å²) in [5.41, 5.74) is 2.20. The smallest absolute Gasteiger partial charge is 0.265 e. The fraction of sp³-hybridized carbons (Fsp3) is 0.421. The standard InChI is InChI=1S/C19H21N3O3S/c23-17-12-25-19(13-22(17)15-5-2-1-3-6-15)7-4-9-21(10-8-19)18(24)16-11-20-14-26-16/h1-3,5-6,11,14H,4,7-10,12-13H2. The van der Waals surface area contributed by atoms with Gasteiger partial charge in [0.25, 0.3) is 11.8 Å². The van der Waals surface area contributed by atoms with Crippen molar-refractivity contribution in [3.05, 3.63) is 46.9 Å². The summed E-state index contributed by atoms with van der Waals surface area (Å²) in [5.74, 6) is 0.0278. The van der Waals surface area contributed by atoms with Gasteiger partial charge in [-0.25, -0.2) is 0 Å². The van der Waals surface area contributed by atoms with Gasteiger partial charge in [0.2, 0.25) is 0 Å². The summed E-state index contributed by atoms with van der Waals surface area (Å²) in [4.78, 5) is 33.4. The number of para-hydroxylation sites is 1. The van der Waals surface area contributed by atoms with Gasteiger partial charge in [-0.1, -0.05) is 18.2 Å². The van der Waals surface area contributed by atoms with E-state index in [1.807, 2.05) is 40.1 Å². The van der Waals surface area contributed by atoms with Gasteiger partial charge in [-0.3, -0.25) is 14.6 Å². The van der Waals surface area contributed by atoms with Gasteiger partial charge in [0.1, 0.15) is 11.5 Å². The topological polar surface area (TPSA) is 62.7 Å². The monoisotopic (exact) mass is 371 g/mol. The molecule has 2 saturated heterocycles. The van der Waals surface area contributed by atoms with Gasteiger partial charge in [0.15, 0.2) is 0 Å². The molecule has 0 radical (unpaired) electrons. The third kappa shape index (κ3) is 3.37. The van der Waals surface area contributed by atoms with Crippen LogP contribution < -0.4 is 4.90 Å². The minimum atomic E-state index is -0.382. The van der Waals surface area contributed by atoms with Crippen LogP contribution in [-0.4, -0.2) is 53.5 Å². The fourth-order valence-electron chi connectivity index (χ4n) is 3.71. The first-order valence-electron chi connectivity index (χ1n) is 8.84. The summed E-state index contributed by atoms with van der Waals surface area (Å²) in [6.07, 6.45) is 4.06. The molecule has 6 nitrogen and oxygen atoms in total. The Morgan fingerprint density at radius 1 is 1.19 bits per heavy atom. The molecule has 2 aliphatic rings. The van der Waals surface area contributed by atoms with Crippen molar-refractivity contribution in [3.63, 3.8) is 0 Å². The molecule has 7 heteroatoms. The molecule has 0 N–H and O–H groups in total. The maximum atomic E-state index is 12.6. The van der Waals surface area contributed by atoms with Crippen LogP contribution in [-0.2, 0) is 9.53 Å². The van der Waals surface area contributed by atoms with Gasteiger partial charge in [-0.15, -0.1) is 11.3 Å². The lowest BCUT2D eigenvalue weighted by molar-refractivity contribution is -0.140. The van der Waals surface area contributed by atoms with E-state index >= 15 is 0 Å².